The van der Waals surface area contributed by atoms with Crippen LogP contribution in [0.4, 0.5) is 0 Å². The number of para-hydroxylation sites is 1. The summed E-state index contributed by atoms with van der Waals surface area (Å²) >= 11 is 1.58. The molecule has 1 atom stereocenters. The minimum Gasteiger partial charge on any atom is -0.431 e. The Kier molecular flexibility index (Phi) is 3.59. The molecule has 5 rings (SSSR count). The van der Waals surface area contributed by atoms with Crippen LogP contribution in [-0.2, 0) is 6.54 Å². The summed E-state index contributed by atoms with van der Waals surface area (Å²) in [6.07, 6.45) is 3.54. The quantitative estimate of drug-likeness (QED) is 0.760. The smallest absolute Gasteiger partial charge is 0.279 e. The van der Waals surface area contributed by atoms with Gasteiger partial charge in [-0.15, -0.1) is 0 Å². The monoisotopic (exact) mass is 349 g/mol. The number of thiazole rings is 1. The highest BCUT2D eigenvalue weighted by molar-refractivity contribution is 7.20. The third kappa shape index (κ3) is 2.96. The fourth-order valence-corrected chi connectivity index (χ4v) is 4.40. The molecule has 1 aromatic heterocycles. The van der Waals surface area contributed by atoms with Gasteiger partial charge in [-0.2, -0.15) is 0 Å². The highest BCUT2D eigenvalue weighted by atomic mass is 32.1. The largest absolute Gasteiger partial charge is 0.431 e. The summed E-state index contributed by atoms with van der Waals surface area (Å²) < 4.78 is 7.07. The van der Waals surface area contributed by atoms with E-state index in [4.69, 9.17) is 4.74 Å². The molecule has 4 nitrogen and oxygen atoms in total. The Bertz CT molecular complexity index is 899. The van der Waals surface area contributed by atoms with Crippen molar-refractivity contribution in [3.63, 3.8) is 0 Å². The summed E-state index contributed by atoms with van der Waals surface area (Å²) in [5, 5.41) is 4.17. The lowest BCUT2D eigenvalue weighted by Crippen LogP contribution is -2.17. The normalized spacial score (nSPS) is 19.0. The number of hydrogen-bond donors (Lipinski definition) is 1. The second kappa shape index (κ2) is 6.08. The Morgan fingerprint density at radius 2 is 2.04 bits per heavy atom. The van der Waals surface area contributed by atoms with Crippen molar-refractivity contribution in [2.45, 2.75) is 13.0 Å². The Hall–Kier alpha value is -2.53. The summed E-state index contributed by atoms with van der Waals surface area (Å²) in [6, 6.07) is 16.4. The molecule has 0 aliphatic carbocycles. The molecule has 126 valence electrons. The maximum atomic E-state index is 5.92. The van der Waals surface area contributed by atoms with Gasteiger partial charge in [0.1, 0.15) is 5.75 Å². The fourth-order valence-electron chi connectivity index (χ4n) is 3.57. The first-order chi connectivity index (χ1) is 12.3. The standard InChI is InChI=1S/C20H19N3OS/c1-2-4-19-17(3-1)22-20(25-19)24-16-7-5-14(6-8-16)11-23-12-15-9-10-21-18(15)13-23/h1-8,13,15,21H,9-12H2. The lowest BCUT2D eigenvalue weighted by atomic mass is 10.1. The Labute approximate surface area is 150 Å². The van der Waals surface area contributed by atoms with E-state index in [1.54, 1.807) is 11.3 Å². The predicted molar refractivity (Wildman–Crippen MR) is 101 cm³/mol. The van der Waals surface area contributed by atoms with Gasteiger partial charge in [0.15, 0.2) is 0 Å². The van der Waals surface area contributed by atoms with Gasteiger partial charge in [-0.05, 0) is 36.2 Å². The molecule has 2 aliphatic rings. The van der Waals surface area contributed by atoms with Crippen LogP contribution in [0, 0.1) is 5.92 Å². The summed E-state index contributed by atoms with van der Waals surface area (Å²) in [7, 11) is 0. The molecule has 1 unspecified atom stereocenters. The molecule has 3 aromatic rings. The van der Waals surface area contributed by atoms with Gasteiger partial charge in [-0.1, -0.05) is 35.6 Å². The molecule has 0 bridgehead atoms. The van der Waals surface area contributed by atoms with Crippen LogP contribution in [0.25, 0.3) is 10.2 Å². The molecular formula is C20H19N3OS. The second-order valence-corrected chi connectivity index (χ2v) is 7.61. The van der Waals surface area contributed by atoms with Gasteiger partial charge in [0.2, 0.25) is 0 Å². The van der Waals surface area contributed by atoms with Gasteiger partial charge in [-0.25, -0.2) is 4.98 Å². The van der Waals surface area contributed by atoms with E-state index in [2.05, 4.69) is 39.6 Å². The molecule has 0 saturated carbocycles. The van der Waals surface area contributed by atoms with Crippen molar-refractivity contribution in [1.82, 2.24) is 15.2 Å². The van der Waals surface area contributed by atoms with Gasteiger partial charge in [0.25, 0.3) is 5.19 Å². The molecular weight excluding hydrogens is 330 g/mol. The zero-order valence-electron chi connectivity index (χ0n) is 13.8. The molecule has 2 aliphatic heterocycles. The molecule has 0 radical (unpaired) electrons. The maximum absolute atomic E-state index is 5.92. The average Bonchev–Trinajstić information content (AvgIpc) is 3.30. The molecule has 1 N–H and O–H groups in total. The van der Waals surface area contributed by atoms with E-state index < -0.39 is 0 Å². The lowest BCUT2D eigenvalue weighted by Gasteiger charge is -2.17. The van der Waals surface area contributed by atoms with Gasteiger partial charge in [0, 0.05) is 37.4 Å². The lowest BCUT2D eigenvalue weighted by molar-refractivity contribution is 0.359. The van der Waals surface area contributed by atoms with Crippen molar-refractivity contribution < 1.29 is 4.74 Å². The van der Waals surface area contributed by atoms with Crippen LogP contribution in [0.3, 0.4) is 0 Å². The molecule has 0 amide bonds. The van der Waals surface area contributed by atoms with Gasteiger partial charge in [0.05, 0.1) is 10.2 Å². The van der Waals surface area contributed by atoms with Crippen LogP contribution in [0.2, 0.25) is 0 Å². The number of fused-ring (bicyclic) bond motifs is 2. The van der Waals surface area contributed by atoms with Crippen molar-refractivity contribution in [2.75, 3.05) is 13.1 Å². The number of rotatable bonds is 4. The second-order valence-electron chi connectivity index (χ2n) is 6.62. The average molecular weight is 349 g/mol. The zero-order chi connectivity index (χ0) is 16.6. The van der Waals surface area contributed by atoms with Crippen molar-refractivity contribution in [3.8, 4) is 10.9 Å². The summed E-state index contributed by atoms with van der Waals surface area (Å²) in [5.74, 6) is 1.54. The van der Waals surface area contributed by atoms with Crippen LogP contribution < -0.4 is 10.1 Å². The SMILES string of the molecule is C1=C2NCCC2CN1Cc1ccc(Oc2nc3ccccc3s2)cc1. The van der Waals surface area contributed by atoms with Crippen molar-refractivity contribution in [2.24, 2.45) is 5.92 Å². The highest BCUT2D eigenvalue weighted by Crippen LogP contribution is 2.32. The van der Waals surface area contributed by atoms with Crippen molar-refractivity contribution in [1.29, 1.82) is 0 Å². The number of nitrogens with one attached hydrogen (secondary N) is 1. The molecule has 2 aromatic carbocycles. The van der Waals surface area contributed by atoms with Crippen LogP contribution in [-0.4, -0.2) is 23.0 Å². The van der Waals surface area contributed by atoms with E-state index in [-0.39, 0.29) is 0 Å². The number of ether oxygens (including phenoxy) is 1. The van der Waals surface area contributed by atoms with Crippen LogP contribution in [0.1, 0.15) is 12.0 Å². The predicted octanol–water partition coefficient (Wildman–Crippen LogP) is 4.36. The highest BCUT2D eigenvalue weighted by Gasteiger charge is 2.28. The van der Waals surface area contributed by atoms with Gasteiger partial charge >= 0.3 is 0 Å². The van der Waals surface area contributed by atoms with Crippen LogP contribution in [0.5, 0.6) is 10.9 Å². The van der Waals surface area contributed by atoms with E-state index in [1.165, 1.54) is 17.7 Å². The zero-order valence-corrected chi connectivity index (χ0v) is 14.6. The Morgan fingerprint density at radius 1 is 1.16 bits per heavy atom. The summed E-state index contributed by atoms with van der Waals surface area (Å²) in [5.41, 5.74) is 3.70. The molecule has 1 saturated heterocycles. The minimum absolute atomic E-state index is 0.692. The minimum atomic E-state index is 0.692. The maximum Gasteiger partial charge on any atom is 0.279 e. The van der Waals surface area contributed by atoms with Crippen LogP contribution >= 0.6 is 11.3 Å². The topological polar surface area (TPSA) is 37.4 Å². The first-order valence-electron chi connectivity index (χ1n) is 8.65. The van der Waals surface area contributed by atoms with Crippen LogP contribution in [0.15, 0.2) is 60.4 Å². The third-order valence-electron chi connectivity index (χ3n) is 4.83. The number of aromatic nitrogens is 1. The summed E-state index contributed by atoms with van der Waals surface area (Å²) in [4.78, 5) is 6.92. The van der Waals surface area contributed by atoms with Crippen molar-refractivity contribution in [3.05, 3.63) is 66.0 Å². The number of hydrogen-bond acceptors (Lipinski definition) is 5. The van der Waals surface area contributed by atoms with E-state index >= 15 is 0 Å². The third-order valence-corrected chi connectivity index (χ3v) is 5.74. The number of nitrogens with zero attached hydrogens (tertiary/aromatic N) is 2. The van der Waals surface area contributed by atoms with E-state index in [9.17, 15) is 0 Å². The summed E-state index contributed by atoms with van der Waals surface area (Å²) in [6.45, 7) is 3.21. The molecule has 25 heavy (non-hydrogen) atoms. The van der Waals surface area contributed by atoms with Gasteiger partial charge < -0.3 is 15.0 Å². The Balaban J connectivity index is 1.26. The fraction of sp³-hybridized carbons (Fsp3) is 0.250. The van der Waals surface area contributed by atoms with Gasteiger partial charge in [-0.3, -0.25) is 0 Å². The van der Waals surface area contributed by atoms with E-state index in [1.807, 2.05) is 30.3 Å². The Morgan fingerprint density at radius 3 is 2.88 bits per heavy atom. The molecule has 0 spiro atoms. The number of benzene rings is 2. The van der Waals surface area contributed by atoms with E-state index in [0.29, 0.717) is 11.1 Å². The molecule has 3 heterocycles. The molecule has 1 fully saturated rings. The first kappa shape index (κ1) is 14.8. The molecule has 5 heteroatoms. The van der Waals surface area contributed by atoms with E-state index in [0.717, 1.165) is 35.6 Å². The first-order valence-corrected chi connectivity index (χ1v) is 9.47. The van der Waals surface area contributed by atoms with Crippen molar-refractivity contribution >= 4 is 21.6 Å².